The predicted octanol–water partition coefficient (Wildman–Crippen LogP) is 1.79. The van der Waals surface area contributed by atoms with E-state index in [0.29, 0.717) is 13.2 Å². The van der Waals surface area contributed by atoms with Gasteiger partial charge in [0.25, 0.3) is 0 Å². The molecule has 0 radical (unpaired) electrons. The first kappa shape index (κ1) is 17.8. The number of nitrogens with zero attached hydrogens (tertiary/aromatic N) is 3. The third-order valence-corrected chi connectivity index (χ3v) is 5.18. The van der Waals surface area contributed by atoms with E-state index >= 15 is 0 Å². The van der Waals surface area contributed by atoms with Crippen LogP contribution < -0.4 is 10.1 Å². The summed E-state index contributed by atoms with van der Waals surface area (Å²) >= 11 is 0. The lowest BCUT2D eigenvalue weighted by Crippen LogP contribution is -2.27. The van der Waals surface area contributed by atoms with Gasteiger partial charge in [0, 0.05) is 27.8 Å². The highest BCUT2D eigenvalue weighted by Gasteiger charge is 2.32. The highest BCUT2D eigenvalue weighted by Crippen LogP contribution is 2.27. The number of hydrogen-bond acceptors (Lipinski definition) is 6. The van der Waals surface area contributed by atoms with E-state index < -0.39 is 25.3 Å². The minimum atomic E-state index is -1.20. The second kappa shape index (κ2) is 7.36. The Labute approximate surface area is 135 Å². The zero-order valence-corrected chi connectivity index (χ0v) is 14.6. The van der Waals surface area contributed by atoms with Crippen LogP contribution in [0.4, 0.5) is 10.1 Å². The summed E-state index contributed by atoms with van der Waals surface area (Å²) in [6.07, 6.45) is -0.711. The maximum Gasteiger partial charge on any atom is 0.350 e. The van der Waals surface area contributed by atoms with E-state index in [0.717, 1.165) is 6.04 Å². The number of halogens is 1. The molecule has 23 heavy (non-hydrogen) atoms. The molecule has 2 rings (SSSR count). The van der Waals surface area contributed by atoms with Gasteiger partial charge in [0.2, 0.25) is 0 Å². The average molecular weight is 346 g/mol. The number of nitrogens with one attached hydrogen (secondary N) is 1. The van der Waals surface area contributed by atoms with Gasteiger partial charge in [0.05, 0.1) is 4.92 Å². The van der Waals surface area contributed by atoms with Crippen LogP contribution in [0.15, 0.2) is 6.20 Å². The van der Waals surface area contributed by atoms with Crippen molar-refractivity contribution in [3.05, 3.63) is 16.3 Å². The largest absolute Gasteiger partial charge is 0.464 e. The molecule has 1 N–H and O–H groups in total. The van der Waals surface area contributed by atoms with Crippen molar-refractivity contribution in [3.63, 3.8) is 0 Å². The first-order valence-electron chi connectivity index (χ1n) is 7.57. The van der Waals surface area contributed by atoms with Crippen molar-refractivity contribution in [1.82, 2.24) is 15.1 Å². The van der Waals surface area contributed by atoms with Crippen LogP contribution in [0.3, 0.4) is 0 Å². The molecular weight excluding hydrogens is 323 g/mol. The van der Waals surface area contributed by atoms with Crippen LogP contribution in [0.2, 0.25) is 25.7 Å². The SMILES string of the molecule is C[Si](C)(C)CCOCn1cc([N+](=O)[O-])c(OC2CNCC2F)n1. The molecular formula is C13H23FN4O4Si. The van der Waals surface area contributed by atoms with Gasteiger partial charge in [-0.25, -0.2) is 9.07 Å². The number of alkyl halides is 1. The summed E-state index contributed by atoms with van der Waals surface area (Å²) in [5, 5.41) is 17.9. The predicted molar refractivity (Wildman–Crippen MR) is 85.2 cm³/mol. The third-order valence-electron chi connectivity index (χ3n) is 3.48. The lowest BCUT2D eigenvalue weighted by atomic mass is 10.3. The molecule has 2 heterocycles. The summed E-state index contributed by atoms with van der Waals surface area (Å²) in [5.74, 6) is -0.167. The molecule has 0 bridgehead atoms. The molecule has 1 fully saturated rings. The zero-order chi connectivity index (χ0) is 17.0. The standard InChI is InChI=1S/C13H23FN4O4Si/c1-23(2,3)5-4-21-9-17-8-11(18(19)20)13(16-17)22-12-7-15-6-10(12)14/h8,10,12,15H,4-7,9H2,1-3H3. The first-order valence-corrected chi connectivity index (χ1v) is 11.3. The van der Waals surface area contributed by atoms with Gasteiger partial charge in [-0.1, -0.05) is 19.6 Å². The molecule has 1 saturated heterocycles. The lowest BCUT2D eigenvalue weighted by molar-refractivity contribution is -0.386. The minimum Gasteiger partial charge on any atom is -0.464 e. The summed E-state index contributed by atoms with van der Waals surface area (Å²) in [5.41, 5.74) is -0.280. The van der Waals surface area contributed by atoms with Crippen molar-refractivity contribution < 1.29 is 18.8 Å². The molecule has 130 valence electrons. The summed E-state index contributed by atoms with van der Waals surface area (Å²) in [6, 6.07) is 0.997. The van der Waals surface area contributed by atoms with Crippen LogP contribution in [0.5, 0.6) is 5.88 Å². The summed E-state index contributed by atoms with van der Waals surface area (Å²) in [4.78, 5) is 10.5. The number of rotatable bonds is 8. The minimum absolute atomic E-state index is 0.108. The van der Waals surface area contributed by atoms with E-state index in [1.807, 2.05) is 0 Å². The Hall–Kier alpha value is -1.52. The lowest BCUT2D eigenvalue weighted by Gasteiger charge is -2.15. The smallest absolute Gasteiger partial charge is 0.350 e. The number of ether oxygens (including phenoxy) is 2. The molecule has 1 aromatic rings. The Morgan fingerprint density at radius 3 is 2.83 bits per heavy atom. The van der Waals surface area contributed by atoms with Crippen LogP contribution in [-0.2, 0) is 11.5 Å². The van der Waals surface area contributed by atoms with E-state index in [1.165, 1.54) is 10.9 Å². The van der Waals surface area contributed by atoms with Crippen LogP contribution in [-0.4, -0.2) is 54.7 Å². The monoisotopic (exact) mass is 346 g/mol. The van der Waals surface area contributed by atoms with E-state index in [2.05, 4.69) is 30.1 Å². The molecule has 1 aliphatic rings. The third kappa shape index (κ3) is 5.25. The molecule has 2 atom stereocenters. The summed E-state index contributed by atoms with van der Waals surface area (Å²) in [7, 11) is -1.19. The van der Waals surface area contributed by atoms with Gasteiger partial charge >= 0.3 is 11.6 Å². The Kier molecular flexibility index (Phi) is 5.71. The van der Waals surface area contributed by atoms with Crippen LogP contribution in [0.1, 0.15) is 0 Å². The zero-order valence-electron chi connectivity index (χ0n) is 13.6. The molecule has 0 aromatic carbocycles. The van der Waals surface area contributed by atoms with E-state index in [4.69, 9.17) is 9.47 Å². The van der Waals surface area contributed by atoms with Crippen LogP contribution >= 0.6 is 0 Å². The van der Waals surface area contributed by atoms with Gasteiger partial charge in [0.1, 0.15) is 19.0 Å². The molecule has 0 spiro atoms. The Bertz CT molecular complexity index is 549. The van der Waals surface area contributed by atoms with Crippen molar-refractivity contribution >= 4 is 13.8 Å². The maximum absolute atomic E-state index is 13.6. The molecule has 8 nitrogen and oxygen atoms in total. The Morgan fingerprint density at radius 1 is 1.52 bits per heavy atom. The number of hydrogen-bond donors (Lipinski definition) is 1. The van der Waals surface area contributed by atoms with Crippen molar-refractivity contribution in [1.29, 1.82) is 0 Å². The van der Waals surface area contributed by atoms with Gasteiger partial charge in [-0.3, -0.25) is 10.1 Å². The molecule has 0 aliphatic carbocycles. The normalized spacial score (nSPS) is 21.6. The van der Waals surface area contributed by atoms with Gasteiger partial charge in [-0.15, -0.1) is 5.10 Å². The van der Waals surface area contributed by atoms with Gasteiger partial charge in [-0.2, -0.15) is 0 Å². The second-order valence-electron chi connectivity index (χ2n) is 6.79. The van der Waals surface area contributed by atoms with E-state index in [1.54, 1.807) is 0 Å². The van der Waals surface area contributed by atoms with Crippen molar-refractivity contribution in [3.8, 4) is 5.88 Å². The van der Waals surface area contributed by atoms with Crippen molar-refractivity contribution in [2.24, 2.45) is 0 Å². The van der Waals surface area contributed by atoms with Crippen LogP contribution in [0.25, 0.3) is 0 Å². The maximum atomic E-state index is 13.6. The van der Waals surface area contributed by atoms with Crippen molar-refractivity contribution in [2.45, 2.75) is 44.7 Å². The highest BCUT2D eigenvalue weighted by molar-refractivity contribution is 6.76. The van der Waals surface area contributed by atoms with Gasteiger partial charge < -0.3 is 14.8 Å². The molecule has 1 aromatic heterocycles. The fourth-order valence-corrected chi connectivity index (χ4v) is 2.84. The highest BCUT2D eigenvalue weighted by atomic mass is 28.3. The number of aromatic nitrogens is 2. The van der Waals surface area contributed by atoms with Crippen molar-refractivity contribution in [2.75, 3.05) is 19.7 Å². The molecule has 2 unspecified atom stereocenters. The average Bonchev–Trinajstić information content (AvgIpc) is 3.02. The van der Waals surface area contributed by atoms with Crippen LogP contribution in [0, 0.1) is 10.1 Å². The number of nitro groups is 1. The first-order chi connectivity index (χ1) is 10.8. The van der Waals surface area contributed by atoms with Gasteiger partial charge in [-0.05, 0) is 6.04 Å². The summed E-state index contributed by atoms with van der Waals surface area (Å²) in [6.45, 7) is 7.89. The second-order valence-corrected chi connectivity index (χ2v) is 12.4. The molecule has 0 amide bonds. The fourth-order valence-electron chi connectivity index (χ4n) is 2.09. The van der Waals surface area contributed by atoms with E-state index in [-0.39, 0.29) is 24.8 Å². The summed E-state index contributed by atoms with van der Waals surface area (Å²) < 4.78 is 25.7. The molecule has 1 aliphatic heterocycles. The quantitative estimate of drug-likeness (QED) is 0.334. The Morgan fingerprint density at radius 2 is 2.26 bits per heavy atom. The Balaban J connectivity index is 1.96. The molecule has 0 saturated carbocycles. The fraction of sp³-hybridized carbons (Fsp3) is 0.769. The molecule has 10 heteroatoms. The topological polar surface area (TPSA) is 91.5 Å². The van der Waals surface area contributed by atoms with E-state index in [9.17, 15) is 14.5 Å². The van der Waals surface area contributed by atoms with Gasteiger partial charge in [0.15, 0.2) is 6.17 Å².